The third kappa shape index (κ3) is 6.93. The van der Waals surface area contributed by atoms with Gasteiger partial charge < -0.3 is 20.1 Å². The summed E-state index contributed by atoms with van der Waals surface area (Å²) in [6.07, 6.45) is 2.58. The Labute approximate surface area is 110 Å². The topological polar surface area (TPSA) is 61.8 Å². The van der Waals surface area contributed by atoms with Gasteiger partial charge in [0.15, 0.2) is 0 Å². The minimum absolute atomic E-state index is 0.661. The fourth-order valence-electron chi connectivity index (χ4n) is 1.88. The lowest BCUT2D eigenvalue weighted by atomic mass is 9.95. The first-order valence-corrected chi connectivity index (χ1v) is 6.62. The zero-order valence-corrected chi connectivity index (χ0v) is 12.2. The van der Waals surface area contributed by atoms with Crippen LogP contribution < -0.4 is 5.32 Å². The summed E-state index contributed by atoms with van der Waals surface area (Å²) >= 11 is 0. The molecule has 0 amide bonds. The minimum atomic E-state index is -0.792. The number of ether oxygens (including phenoxy) is 1. The molecule has 0 heterocycles. The highest BCUT2D eigenvalue weighted by atomic mass is 16.5. The standard InChI is InChI=1S/C13H28N2O3/c1-5-14-13(2,12(16)17)8-6-7-9-15(3)10-11-18-4/h14H,5-11H2,1-4H3,(H,16,17). The Hall–Kier alpha value is -0.650. The number of aliphatic carboxylic acids is 1. The van der Waals surface area contributed by atoms with Gasteiger partial charge in [0.2, 0.25) is 0 Å². The molecule has 0 aromatic heterocycles. The maximum Gasteiger partial charge on any atom is 0.323 e. The van der Waals surface area contributed by atoms with Crippen molar-refractivity contribution in [2.45, 2.75) is 38.6 Å². The Balaban J connectivity index is 3.83. The number of carboxylic acids is 1. The maximum atomic E-state index is 11.2. The van der Waals surface area contributed by atoms with E-state index in [9.17, 15) is 9.90 Å². The van der Waals surface area contributed by atoms with E-state index in [1.807, 2.05) is 6.92 Å². The molecule has 2 N–H and O–H groups in total. The minimum Gasteiger partial charge on any atom is -0.480 e. The molecule has 5 nitrogen and oxygen atoms in total. The molecule has 0 bridgehead atoms. The Morgan fingerprint density at radius 1 is 1.39 bits per heavy atom. The molecule has 108 valence electrons. The van der Waals surface area contributed by atoms with Crippen LogP contribution in [0.3, 0.4) is 0 Å². The van der Waals surface area contributed by atoms with Crippen molar-refractivity contribution in [2.24, 2.45) is 0 Å². The number of carbonyl (C=O) groups is 1. The van der Waals surface area contributed by atoms with E-state index in [0.29, 0.717) is 13.0 Å². The first-order chi connectivity index (χ1) is 8.46. The van der Waals surface area contributed by atoms with Gasteiger partial charge >= 0.3 is 5.97 Å². The van der Waals surface area contributed by atoms with Crippen LogP contribution in [0.1, 0.15) is 33.1 Å². The fraction of sp³-hybridized carbons (Fsp3) is 0.923. The number of likely N-dealkylation sites (N-methyl/N-ethyl adjacent to an activating group) is 2. The second-order valence-electron chi connectivity index (χ2n) is 4.92. The molecule has 1 unspecified atom stereocenters. The van der Waals surface area contributed by atoms with Gasteiger partial charge in [0.1, 0.15) is 5.54 Å². The number of nitrogens with one attached hydrogen (secondary N) is 1. The smallest absolute Gasteiger partial charge is 0.323 e. The van der Waals surface area contributed by atoms with Crippen molar-refractivity contribution in [1.29, 1.82) is 0 Å². The van der Waals surface area contributed by atoms with Gasteiger partial charge in [-0.25, -0.2) is 0 Å². The lowest BCUT2D eigenvalue weighted by molar-refractivity contribution is -0.144. The highest BCUT2D eigenvalue weighted by molar-refractivity contribution is 5.78. The van der Waals surface area contributed by atoms with Crippen LogP contribution >= 0.6 is 0 Å². The van der Waals surface area contributed by atoms with Crippen LogP contribution in [-0.2, 0) is 9.53 Å². The number of methoxy groups -OCH3 is 1. The number of unbranched alkanes of at least 4 members (excludes halogenated alkanes) is 1. The highest BCUT2D eigenvalue weighted by Crippen LogP contribution is 2.14. The molecule has 0 fully saturated rings. The summed E-state index contributed by atoms with van der Waals surface area (Å²) in [6.45, 7) is 7.00. The summed E-state index contributed by atoms with van der Waals surface area (Å²) in [5.74, 6) is -0.767. The summed E-state index contributed by atoms with van der Waals surface area (Å²) < 4.78 is 5.01. The Bertz CT molecular complexity index is 236. The Morgan fingerprint density at radius 2 is 2.06 bits per heavy atom. The molecule has 0 spiro atoms. The quantitative estimate of drug-likeness (QED) is 0.546. The van der Waals surface area contributed by atoms with Crippen LogP contribution in [0.15, 0.2) is 0 Å². The van der Waals surface area contributed by atoms with Gasteiger partial charge in [-0.3, -0.25) is 4.79 Å². The monoisotopic (exact) mass is 260 g/mol. The third-order valence-corrected chi connectivity index (χ3v) is 3.18. The van der Waals surface area contributed by atoms with Crippen molar-refractivity contribution in [3.63, 3.8) is 0 Å². The van der Waals surface area contributed by atoms with Crippen molar-refractivity contribution < 1.29 is 14.6 Å². The van der Waals surface area contributed by atoms with Gasteiger partial charge in [-0.2, -0.15) is 0 Å². The van der Waals surface area contributed by atoms with Crippen molar-refractivity contribution in [1.82, 2.24) is 10.2 Å². The van der Waals surface area contributed by atoms with Gasteiger partial charge in [-0.15, -0.1) is 0 Å². The molecule has 0 rings (SSSR count). The third-order valence-electron chi connectivity index (χ3n) is 3.18. The lowest BCUT2D eigenvalue weighted by Crippen LogP contribution is -2.49. The summed E-state index contributed by atoms with van der Waals surface area (Å²) in [6, 6.07) is 0. The van der Waals surface area contributed by atoms with E-state index in [-0.39, 0.29) is 0 Å². The number of hydrogen-bond donors (Lipinski definition) is 2. The first-order valence-electron chi connectivity index (χ1n) is 6.62. The average molecular weight is 260 g/mol. The second kappa shape index (κ2) is 9.30. The number of nitrogens with zero attached hydrogens (tertiary/aromatic N) is 1. The summed E-state index contributed by atoms with van der Waals surface area (Å²) in [7, 11) is 3.75. The molecule has 18 heavy (non-hydrogen) atoms. The number of hydrogen-bond acceptors (Lipinski definition) is 4. The molecule has 0 aliphatic carbocycles. The summed E-state index contributed by atoms with van der Waals surface area (Å²) in [4.78, 5) is 13.4. The van der Waals surface area contributed by atoms with Crippen LogP contribution in [0.4, 0.5) is 0 Å². The Morgan fingerprint density at radius 3 is 2.56 bits per heavy atom. The van der Waals surface area contributed by atoms with E-state index in [1.54, 1.807) is 14.0 Å². The van der Waals surface area contributed by atoms with Crippen LogP contribution in [-0.4, -0.2) is 61.9 Å². The largest absolute Gasteiger partial charge is 0.480 e. The SMILES string of the molecule is CCNC(C)(CCCCN(C)CCOC)C(=O)O. The molecule has 0 saturated heterocycles. The molecule has 0 saturated carbocycles. The number of carboxylic acid groups (broad SMARTS) is 1. The average Bonchev–Trinajstić information content (AvgIpc) is 2.32. The lowest BCUT2D eigenvalue weighted by Gasteiger charge is -2.26. The van der Waals surface area contributed by atoms with Crippen LogP contribution in [0.5, 0.6) is 0 Å². The van der Waals surface area contributed by atoms with E-state index in [2.05, 4.69) is 17.3 Å². The van der Waals surface area contributed by atoms with E-state index in [4.69, 9.17) is 4.74 Å². The maximum absolute atomic E-state index is 11.2. The molecule has 1 atom stereocenters. The highest BCUT2D eigenvalue weighted by Gasteiger charge is 2.30. The van der Waals surface area contributed by atoms with Gasteiger partial charge in [-0.1, -0.05) is 6.92 Å². The molecule has 0 aromatic rings. The predicted octanol–water partition coefficient (Wildman–Crippen LogP) is 1.19. The van der Waals surface area contributed by atoms with Crippen molar-refractivity contribution in [2.75, 3.05) is 40.4 Å². The molecule has 0 aliphatic rings. The van der Waals surface area contributed by atoms with E-state index < -0.39 is 11.5 Å². The van der Waals surface area contributed by atoms with Crippen molar-refractivity contribution in [3.05, 3.63) is 0 Å². The summed E-state index contributed by atoms with van der Waals surface area (Å²) in [5.41, 5.74) is -0.792. The predicted molar refractivity (Wildman–Crippen MR) is 72.9 cm³/mol. The molecular formula is C13H28N2O3. The van der Waals surface area contributed by atoms with Gasteiger partial charge in [0.05, 0.1) is 6.61 Å². The van der Waals surface area contributed by atoms with Crippen LogP contribution in [0, 0.1) is 0 Å². The van der Waals surface area contributed by atoms with E-state index in [1.165, 1.54) is 0 Å². The first kappa shape index (κ1) is 17.4. The van der Waals surface area contributed by atoms with Gasteiger partial charge in [0, 0.05) is 13.7 Å². The fourth-order valence-corrected chi connectivity index (χ4v) is 1.88. The zero-order chi connectivity index (χ0) is 14.0. The van der Waals surface area contributed by atoms with E-state index >= 15 is 0 Å². The van der Waals surface area contributed by atoms with Crippen molar-refractivity contribution >= 4 is 5.97 Å². The normalized spacial score (nSPS) is 14.7. The van der Waals surface area contributed by atoms with Crippen molar-refractivity contribution in [3.8, 4) is 0 Å². The van der Waals surface area contributed by atoms with Crippen LogP contribution in [0.2, 0.25) is 0 Å². The molecular weight excluding hydrogens is 232 g/mol. The van der Waals surface area contributed by atoms with Gasteiger partial charge in [-0.05, 0) is 46.3 Å². The number of rotatable bonds is 11. The van der Waals surface area contributed by atoms with Gasteiger partial charge in [0.25, 0.3) is 0 Å². The summed E-state index contributed by atoms with van der Waals surface area (Å²) in [5, 5.41) is 12.2. The molecule has 0 radical (unpaired) electrons. The second-order valence-corrected chi connectivity index (χ2v) is 4.92. The molecule has 0 aliphatic heterocycles. The molecule has 0 aromatic carbocycles. The van der Waals surface area contributed by atoms with Crippen LogP contribution in [0.25, 0.3) is 0 Å². The van der Waals surface area contributed by atoms with E-state index in [0.717, 1.165) is 32.5 Å². The Kier molecular flexibility index (Phi) is 8.97. The molecule has 5 heteroatoms. The zero-order valence-electron chi connectivity index (χ0n) is 12.2.